The average Bonchev–Trinajstić information content (AvgIpc) is 3.29. The van der Waals surface area contributed by atoms with Crippen molar-refractivity contribution in [2.24, 2.45) is 0 Å². The number of rotatable bonds is 8. The lowest BCUT2D eigenvalue weighted by Crippen LogP contribution is -2.53. The lowest BCUT2D eigenvalue weighted by Gasteiger charge is -2.39. The molecule has 2 unspecified atom stereocenters. The number of amides is 1. The van der Waals surface area contributed by atoms with Crippen molar-refractivity contribution in [3.63, 3.8) is 0 Å². The molecule has 3 rings (SSSR count). The van der Waals surface area contributed by atoms with E-state index < -0.39 is 43.5 Å². The van der Waals surface area contributed by atoms with Crippen LogP contribution >= 0.6 is 11.3 Å². The van der Waals surface area contributed by atoms with Gasteiger partial charge in [0.15, 0.2) is 0 Å². The largest absolute Gasteiger partial charge is 0.444 e. The first kappa shape index (κ1) is 31.3. The number of carbonyl (C=O) groups excluding carboxylic acids is 1. The van der Waals surface area contributed by atoms with E-state index in [-0.39, 0.29) is 18.5 Å². The third kappa shape index (κ3) is 10.0. The van der Waals surface area contributed by atoms with Gasteiger partial charge in [-0.05, 0) is 63.8 Å². The van der Waals surface area contributed by atoms with Gasteiger partial charge in [0, 0.05) is 28.4 Å². The number of thiophene rings is 1. The third-order valence-corrected chi connectivity index (χ3v) is 8.56. The van der Waals surface area contributed by atoms with E-state index in [0.29, 0.717) is 5.56 Å². The highest BCUT2D eigenvalue weighted by molar-refractivity contribution is 7.10. The molecule has 1 heterocycles. The van der Waals surface area contributed by atoms with Gasteiger partial charge in [-0.1, -0.05) is 44.8 Å². The highest BCUT2D eigenvalue weighted by Gasteiger charge is 2.36. The Labute approximate surface area is 236 Å². The fourth-order valence-electron chi connectivity index (χ4n) is 4.75. The molecule has 2 aromatic rings. The van der Waals surface area contributed by atoms with Crippen LogP contribution in [0.2, 0.25) is 19.6 Å². The molecule has 0 bridgehead atoms. The minimum Gasteiger partial charge on any atom is -0.444 e. The van der Waals surface area contributed by atoms with Gasteiger partial charge in [0.1, 0.15) is 25.3 Å². The molecular weight excluding hydrogens is 534 g/mol. The molecule has 0 aliphatic heterocycles. The van der Waals surface area contributed by atoms with Crippen molar-refractivity contribution in [1.82, 2.24) is 10.6 Å². The van der Waals surface area contributed by atoms with E-state index in [4.69, 9.17) is 4.74 Å². The van der Waals surface area contributed by atoms with Crippen molar-refractivity contribution in [3.8, 4) is 11.5 Å². The van der Waals surface area contributed by atoms with Gasteiger partial charge in [-0.25, -0.2) is 13.6 Å². The van der Waals surface area contributed by atoms with E-state index in [0.717, 1.165) is 43.7 Å². The van der Waals surface area contributed by atoms with Crippen molar-refractivity contribution in [2.75, 3.05) is 6.54 Å². The molecular formula is C30H42F2N2O3SSi. The summed E-state index contributed by atoms with van der Waals surface area (Å²) in [5.41, 5.74) is 3.75. The zero-order valence-corrected chi connectivity index (χ0v) is 25.7. The van der Waals surface area contributed by atoms with Crippen LogP contribution in [-0.2, 0) is 16.7 Å². The summed E-state index contributed by atoms with van der Waals surface area (Å²) in [4.78, 5) is 13.8. The predicted molar refractivity (Wildman–Crippen MR) is 157 cm³/mol. The number of ether oxygens (including phenoxy) is 1. The maximum Gasteiger partial charge on any atom is 0.407 e. The molecule has 0 radical (unpaired) electrons. The number of hydrogen-bond donors (Lipinski definition) is 3. The molecule has 1 aromatic carbocycles. The van der Waals surface area contributed by atoms with Crippen LogP contribution < -0.4 is 10.6 Å². The summed E-state index contributed by atoms with van der Waals surface area (Å²) in [7, 11) is -1.50. The summed E-state index contributed by atoms with van der Waals surface area (Å²) in [5.74, 6) is 1.93. The summed E-state index contributed by atoms with van der Waals surface area (Å²) in [6.45, 7) is 12.1. The van der Waals surface area contributed by atoms with Crippen LogP contribution in [0.15, 0.2) is 29.6 Å². The molecule has 1 aromatic heterocycles. The van der Waals surface area contributed by atoms with Gasteiger partial charge in [-0.3, -0.25) is 0 Å². The third-order valence-electron chi connectivity index (χ3n) is 6.55. The monoisotopic (exact) mass is 576 g/mol. The Kier molecular flexibility index (Phi) is 10.4. The molecule has 3 N–H and O–H groups in total. The van der Waals surface area contributed by atoms with Crippen molar-refractivity contribution in [1.29, 1.82) is 0 Å². The van der Waals surface area contributed by atoms with Crippen molar-refractivity contribution in [3.05, 3.63) is 57.3 Å². The molecule has 1 saturated carbocycles. The van der Waals surface area contributed by atoms with Gasteiger partial charge in [0.05, 0.1) is 17.7 Å². The molecule has 39 heavy (non-hydrogen) atoms. The summed E-state index contributed by atoms with van der Waals surface area (Å²) < 4.78 is 33.2. The number of aliphatic hydroxyl groups excluding tert-OH is 1. The van der Waals surface area contributed by atoms with Crippen LogP contribution in [0.5, 0.6) is 0 Å². The molecule has 214 valence electrons. The number of benzene rings is 1. The summed E-state index contributed by atoms with van der Waals surface area (Å²) in [5, 5.41) is 19.7. The first-order chi connectivity index (χ1) is 18.1. The quantitative estimate of drug-likeness (QED) is 0.248. The molecule has 9 heteroatoms. The molecule has 1 fully saturated rings. The van der Waals surface area contributed by atoms with Crippen LogP contribution in [0.1, 0.15) is 68.9 Å². The number of alkyl carbamates (subject to hydrolysis) is 1. The minimum absolute atomic E-state index is 0.0409. The van der Waals surface area contributed by atoms with Gasteiger partial charge in [-0.15, -0.1) is 16.9 Å². The van der Waals surface area contributed by atoms with Gasteiger partial charge in [0.25, 0.3) is 0 Å². The second-order valence-electron chi connectivity index (χ2n) is 12.5. The average molecular weight is 577 g/mol. The van der Waals surface area contributed by atoms with Crippen molar-refractivity contribution in [2.45, 2.75) is 102 Å². The van der Waals surface area contributed by atoms with E-state index in [1.807, 2.05) is 0 Å². The van der Waals surface area contributed by atoms with E-state index in [1.165, 1.54) is 17.0 Å². The van der Waals surface area contributed by atoms with Crippen molar-refractivity contribution >= 4 is 25.5 Å². The maximum atomic E-state index is 13.9. The lowest BCUT2D eigenvalue weighted by atomic mass is 9.80. The Balaban J connectivity index is 1.80. The molecule has 5 nitrogen and oxygen atoms in total. The Morgan fingerprint density at radius 1 is 1.13 bits per heavy atom. The summed E-state index contributed by atoms with van der Waals surface area (Å²) in [6, 6.07) is 4.56. The molecule has 0 spiro atoms. The number of nitrogens with one attached hydrogen (secondary N) is 2. The van der Waals surface area contributed by atoms with Crippen LogP contribution in [-0.4, -0.2) is 43.6 Å². The Bertz CT molecular complexity index is 1170. The molecule has 1 amide bonds. The molecule has 1 aliphatic carbocycles. The van der Waals surface area contributed by atoms with Crippen LogP contribution in [0.4, 0.5) is 13.6 Å². The number of halogens is 2. The standard InChI is InChI=1S/C30H42F2N2O3SSi/c1-29(2,3)37-28(36)34-25(16-22-14-23(31)18-24(32)15-22)26(35)19-33-30(11-8-7-9-12-30)27-17-21(20-38-27)10-13-39(4,5)6/h14-15,17-18,20,25-26,33,35H,7-9,11-12,16,19H2,1-6H3,(H,34,36). The van der Waals surface area contributed by atoms with Gasteiger partial charge >= 0.3 is 6.09 Å². The fraction of sp³-hybridized carbons (Fsp3) is 0.567. The Morgan fingerprint density at radius 2 is 1.77 bits per heavy atom. The van der Waals surface area contributed by atoms with Gasteiger partial charge < -0.3 is 20.5 Å². The van der Waals surface area contributed by atoms with E-state index >= 15 is 0 Å². The summed E-state index contributed by atoms with van der Waals surface area (Å²) >= 11 is 1.68. The zero-order valence-electron chi connectivity index (χ0n) is 23.9. The second kappa shape index (κ2) is 12.9. The molecule has 1 aliphatic rings. The number of aliphatic hydroxyl groups is 1. The molecule has 2 atom stereocenters. The molecule has 0 saturated heterocycles. The maximum absolute atomic E-state index is 13.9. The highest BCUT2D eigenvalue weighted by atomic mass is 32.1. The zero-order chi connectivity index (χ0) is 28.8. The first-order valence-corrected chi connectivity index (χ1v) is 18.0. The predicted octanol–water partition coefficient (Wildman–Crippen LogP) is 6.50. The SMILES string of the molecule is CC(C)(C)OC(=O)NC(Cc1cc(F)cc(F)c1)C(O)CNC1(c2cc(C#C[Si](C)(C)C)cs2)CCCCC1. The van der Waals surface area contributed by atoms with E-state index in [9.17, 15) is 18.7 Å². The van der Waals surface area contributed by atoms with E-state index in [2.05, 4.69) is 53.2 Å². The Morgan fingerprint density at radius 3 is 2.36 bits per heavy atom. The number of hydrogen-bond acceptors (Lipinski definition) is 5. The minimum atomic E-state index is -1.50. The first-order valence-electron chi connectivity index (χ1n) is 13.6. The fourth-order valence-corrected chi connectivity index (χ4v) is 6.34. The highest BCUT2D eigenvalue weighted by Crippen LogP contribution is 2.40. The van der Waals surface area contributed by atoms with E-state index in [1.54, 1.807) is 32.1 Å². The normalized spacial score (nSPS) is 17.1. The van der Waals surface area contributed by atoms with Gasteiger partial charge in [0.2, 0.25) is 0 Å². The van der Waals surface area contributed by atoms with Crippen LogP contribution in [0, 0.1) is 23.1 Å². The smallest absolute Gasteiger partial charge is 0.407 e. The lowest BCUT2D eigenvalue weighted by molar-refractivity contribution is 0.0408. The second-order valence-corrected chi connectivity index (χ2v) is 18.2. The van der Waals surface area contributed by atoms with Gasteiger partial charge in [-0.2, -0.15) is 0 Å². The van der Waals surface area contributed by atoms with Crippen LogP contribution in [0.3, 0.4) is 0 Å². The number of carbonyl (C=O) groups is 1. The Hall–Kier alpha value is -2.25. The van der Waals surface area contributed by atoms with Crippen molar-refractivity contribution < 1.29 is 23.4 Å². The summed E-state index contributed by atoms with van der Waals surface area (Å²) in [6.07, 6.45) is 3.47. The topological polar surface area (TPSA) is 70.6 Å². The van der Waals surface area contributed by atoms with Crippen LogP contribution in [0.25, 0.3) is 0 Å².